The van der Waals surface area contributed by atoms with Gasteiger partial charge in [-0.2, -0.15) is 0 Å². The Morgan fingerprint density at radius 2 is 1.39 bits per heavy atom. The summed E-state index contributed by atoms with van der Waals surface area (Å²) in [6.45, 7) is -0.103. The average Bonchev–Trinajstić information content (AvgIpc) is 1.87. The lowest BCUT2D eigenvalue weighted by Gasteiger charge is -2.39. The minimum atomic E-state index is -5.14. The van der Waals surface area contributed by atoms with Crippen molar-refractivity contribution in [3.63, 3.8) is 0 Å². The maximum atomic E-state index is 15.2. The Morgan fingerprint density at radius 1 is 0.741 bits per heavy atom. The maximum Gasteiger partial charge on any atom is 0.396 e. The number of aliphatic carboxylic acids is 1. The second kappa shape index (κ2) is 26.0. The van der Waals surface area contributed by atoms with Crippen molar-refractivity contribution < 1.29 is 62.6 Å². The smallest absolute Gasteiger partial charge is 0.396 e. The first-order valence-electron chi connectivity index (χ1n) is 28.4. The Bertz CT molecular complexity index is 3620. The van der Waals surface area contributed by atoms with Gasteiger partial charge in [0.2, 0.25) is 35.4 Å². The molecule has 0 radical (unpaired) electrons. The summed E-state index contributed by atoms with van der Waals surface area (Å²) in [5.74, 6) is -5.36. The van der Waals surface area contributed by atoms with Crippen LogP contribution in [0.1, 0.15) is 127 Å². The summed E-state index contributed by atoms with van der Waals surface area (Å²) in [5, 5.41) is 18.9. The Balaban J connectivity index is 0.910. The van der Waals surface area contributed by atoms with E-state index in [4.69, 9.17) is 11.5 Å². The van der Waals surface area contributed by atoms with Crippen molar-refractivity contribution in [1.82, 2.24) is 39.9 Å². The van der Waals surface area contributed by atoms with Crippen LogP contribution in [0.4, 0.5) is 0 Å². The van der Waals surface area contributed by atoms with Crippen molar-refractivity contribution in [2.75, 3.05) is 13.1 Å². The molecule has 3 fully saturated rings. The minimum Gasteiger partial charge on any atom is -0.480 e. The van der Waals surface area contributed by atoms with E-state index in [9.17, 15) is 62.6 Å². The second-order valence-electron chi connectivity index (χ2n) is 22.5. The molecule has 2 aliphatic heterocycles. The van der Waals surface area contributed by atoms with Crippen LogP contribution in [0, 0.1) is 11.8 Å². The predicted octanol–water partition coefficient (Wildman–Crippen LogP) is 3.82. The summed E-state index contributed by atoms with van der Waals surface area (Å²) in [7, 11) is -3.58. The largest absolute Gasteiger partial charge is 0.480 e. The number of fused-ring (bicyclic) bond motifs is 3. The molecule has 9 rings (SSSR count). The lowest BCUT2D eigenvalue weighted by molar-refractivity contribution is -0.146. The molecule has 1 unspecified atom stereocenters. The van der Waals surface area contributed by atoms with E-state index in [2.05, 4.69) is 20.9 Å². The van der Waals surface area contributed by atoms with E-state index in [0.29, 0.717) is 42.2 Å². The van der Waals surface area contributed by atoms with E-state index in [0.717, 1.165) is 29.5 Å². The van der Waals surface area contributed by atoms with Crippen molar-refractivity contribution in [3.8, 4) is 0 Å². The van der Waals surface area contributed by atoms with E-state index in [1.54, 1.807) is 18.0 Å². The van der Waals surface area contributed by atoms with Crippen LogP contribution in [-0.2, 0) is 51.6 Å². The minimum absolute atomic E-state index is 0.0104. The summed E-state index contributed by atoms with van der Waals surface area (Å²) >= 11 is 0. The first-order valence-corrected chi connectivity index (χ1v) is 30.0. The van der Waals surface area contributed by atoms with Gasteiger partial charge in [0, 0.05) is 61.9 Å². The van der Waals surface area contributed by atoms with Gasteiger partial charge in [0.25, 0.3) is 11.4 Å². The molecule has 1 saturated carbocycles. The second-order valence-corrected chi connectivity index (χ2v) is 24.0. The topological polar surface area (TPSA) is 369 Å². The molecule has 3 aliphatic rings. The van der Waals surface area contributed by atoms with Crippen molar-refractivity contribution in [2.24, 2.45) is 30.4 Å². The van der Waals surface area contributed by atoms with Crippen LogP contribution in [0.15, 0.2) is 108 Å². The molecule has 6 aromatic rings. The zero-order chi connectivity index (χ0) is 60.9. The fraction of sp³-hybridized carbons (Fsp3) is 0.400. The van der Waals surface area contributed by atoms with Crippen molar-refractivity contribution in [3.05, 3.63) is 142 Å². The number of aromatic amines is 1. The molecule has 25 heteroatoms. The number of nitrogens with two attached hydrogens (primary N) is 2. The highest BCUT2D eigenvalue weighted by Crippen LogP contribution is 2.40. The molecule has 1 aliphatic carbocycles. The van der Waals surface area contributed by atoms with E-state index in [-0.39, 0.29) is 92.4 Å². The molecule has 5 atom stereocenters. The van der Waals surface area contributed by atoms with E-state index < -0.39 is 96.5 Å². The van der Waals surface area contributed by atoms with Gasteiger partial charge in [-0.25, -0.2) is 9.59 Å². The number of hydrogen-bond donors (Lipinski definition) is 9. The highest BCUT2D eigenvalue weighted by Gasteiger charge is 2.46. The lowest BCUT2D eigenvalue weighted by Crippen LogP contribution is -2.62. The summed E-state index contributed by atoms with van der Waals surface area (Å²) < 4.78 is 14.4. The summed E-state index contributed by atoms with van der Waals surface area (Å²) in [5.41, 5.74) is 12.3. The van der Waals surface area contributed by atoms with Crippen LogP contribution in [0.2, 0.25) is 0 Å². The number of aryl methyl sites for hydroxylation is 1. The number of aromatic nitrogens is 3. The first kappa shape index (κ1) is 60.8. The maximum absolute atomic E-state index is 15.2. The van der Waals surface area contributed by atoms with E-state index in [1.807, 2.05) is 72.8 Å². The first-order chi connectivity index (χ1) is 40.5. The van der Waals surface area contributed by atoms with Gasteiger partial charge in [0.05, 0.1) is 17.1 Å². The molecule has 24 nitrogen and oxygen atoms in total. The van der Waals surface area contributed by atoms with Gasteiger partial charge in [-0.15, -0.1) is 0 Å². The molecular formula is C60H69N10O14P. The van der Waals surface area contributed by atoms with Gasteiger partial charge in [0.15, 0.2) is 0 Å². The lowest BCUT2D eigenvalue weighted by atomic mass is 9.78. The fourth-order valence-electron chi connectivity index (χ4n) is 12.3. The molecule has 0 spiro atoms. The third kappa shape index (κ3) is 14.1. The van der Waals surface area contributed by atoms with Crippen molar-refractivity contribution in [2.45, 2.75) is 120 Å². The highest BCUT2D eigenvalue weighted by atomic mass is 31.2. The Hall–Kier alpha value is -8.73. The highest BCUT2D eigenvalue weighted by molar-refractivity contribution is 7.70. The van der Waals surface area contributed by atoms with Gasteiger partial charge in [-0.05, 0) is 129 Å². The Kier molecular flexibility index (Phi) is 18.6. The number of carbonyl (C=O) groups excluding carboxylic acids is 8. The summed E-state index contributed by atoms with van der Waals surface area (Å²) in [4.78, 5) is 160. The van der Waals surface area contributed by atoms with Gasteiger partial charge >= 0.3 is 19.3 Å². The molecular weight excluding hydrogens is 1120 g/mol. The number of carboxylic acids is 1. The molecule has 2 aromatic heterocycles. The molecule has 4 heterocycles. The Morgan fingerprint density at radius 3 is 2.02 bits per heavy atom. The number of rotatable bonds is 22. The molecule has 448 valence electrons. The standard InChI is InChI=1S/C60H69N10O14P/c1-67-49-29-36(16-21-46(49)70(60(67)81)48(58(78)79)23-25-51(62)72)28-34-12-14-35(15-13-34)30-52(73)68-27-26-41-18-22-47(56(76)64-43(20-24-50(61)71)54(74)66-53(37-8-4-2-5-9-37)38-10-6-3-7-11-38)69(41)57(77)45(33-68)65-55(75)44-32-40-31-39(17-19-42(40)63-44)59(80)85(82,83)84/h2-11,16-17,19,21,29,31-32,34-35,41,43,45,47-48,53,63H,12-15,18,20,22-28,30,33H2,1H3,(H2,61,71)(H2,62,72)(H,64,76)(H,65,75)(H,66,74)(H,78,79)(H2,82,83,84)/t34-,35+,41-,43+,45+,47+,48?/m1/s1. The fourth-order valence-corrected chi connectivity index (χ4v) is 12.8. The normalized spacial score (nSPS) is 19.8. The third-order valence-corrected chi connectivity index (χ3v) is 17.5. The number of carbonyl (C=O) groups is 9. The van der Waals surface area contributed by atoms with Gasteiger partial charge in [0.1, 0.15) is 29.9 Å². The van der Waals surface area contributed by atoms with Crippen LogP contribution in [0.5, 0.6) is 0 Å². The number of benzene rings is 4. The molecule has 2 saturated heterocycles. The van der Waals surface area contributed by atoms with Gasteiger partial charge < -0.3 is 57.1 Å². The number of amides is 7. The third-order valence-electron chi connectivity index (χ3n) is 16.8. The Labute approximate surface area is 487 Å². The average molecular weight is 1190 g/mol. The number of carboxylic acid groups (broad SMARTS) is 1. The van der Waals surface area contributed by atoms with Gasteiger partial charge in [-0.1, -0.05) is 66.7 Å². The van der Waals surface area contributed by atoms with Crippen molar-refractivity contribution >= 4 is 82.4 Å². The van der Waals surface area contributed by atoms with Crippen LogP contribution >= 0.6 is 7.60 Å². The predicted molar refractivity (Wildman–Crippen MR) is 310 cm³/mol. The zero-order valence-electron chi connectivity index (χ0n) is 46.8. The SMILES string of the molecule is Cn1c(=O)n(C(CCC(N)=O)C(=O)O)c2ccc(C[C@H]3CC[C@@H](CC(=O)N4CC[C@H]5CC[C@@H](C(=O)N[C@@H](CCC(N)=O)C(=O)NC(c6ccccc6)c6ccccc6)N5C(=O)[C@@H](NC(=O)c5cc6cc(C(=O)P(=O)(O)O)ccc6[nH]5)C4)CC3)cc21. The van der Waals surface area contributed by atoms with Crippen LogP contribution in [-0.4, -0.2) is 129 Å². The number of hydrogen-bond acceptors (Lipinski definition) is 11. The van der Waals surface area contributed by atoms with E-state index in [1.165, 1.54) is 38.3 Å². The molecule has 7 amide bonds. The summed E-state index contributed by atoms with van der Waals surface area (Å²) in [6.07, 6.45) is 3.87. The molecule has 0 bridgehead atoms. The number of H-pyrrole nitrogens is 1. The van der Waals surface area contributed by atoms with Gasteiger partial charge in [-0.3, -0.25) is 52.1 Å². The van der Waals surface area contributed by atoms with Crippen molar-refractivity contribution in [1.29, 1.82) is 0 Å². The quantitative estimate of drug-likeness (QED) is 0.0437. The number of imidazole rings is 1. The molecule has 11 N–H and O–H groups in total. The summed E-state index contributed by atoms with van der Waals surface area (Å²) in [6, 6.07) is 22.7. The number of nitrogens with zero attached hydrogens (tertiary/aromatic N) is 4. The van der Waals surface area contributed by atoms with Crippen LogP contribution in [0.3, 0.4) is 0 Å². The van der Waals surface area contributed by atoms with Crippen LogP contribution < -0.4 is 33.1 Å². The van der Waals surface area contributed by atoms with E-state index >= 15 is 4.79 Å². The zero-order valence-corrected chi connectivity index (χ0v) is 47.7. The van der Waals surface area contributed by atoms with Crippen LogP contribution in [0.25, 0.3) is 21.9 Å². The molecule has 4 aromatic carbocycles. The monoisotopic (exact) mass is 1180 g/mol. The number of primary amides is 2. The molecule has 85 heavy (non-hydrogen) atoms. The number of nitrogens with one attached hydrogen (secondary N) is 4.